The number of nitrogens with zero attached hydrogens (tertiary/aromatic N) is 1. The molecular weight excluding hydrogens is 244 g/mol. The summed E-state index contributed by atoms with van der Waals surface area (Å²) >= 11 is 6.17. The molecule has 2 rings (SSSR count). The van der Waals surface area contributed by atoms with Gasteiger partial charge in [0.1, 0.15) is 0 Å². The minimum atomic E-state index is 0.210. The maximum atomic E-state index is 6.17. The van der Waals surface area contributed by atoms with Crippen molar-refractivity contribution in [2.24, 2.45) is 0 Å². The Balaban J connectivity index is 1.98. The molecule has 2 aromatic rings. The van der Waals surface area contributed by atoms with Crippen molar-refractivity contribution in [3.05, 3.63) is 64.4 Å². The minimum absolute atomic E-state index is 0.210. The first kappa shape index (κ1) is 13.1. The summed E-state index contributed by atoms with van der Waals surface area (Å²) in [6, 6.07) is 12.2. The summed E-state index contributed by atoms with van der Waals surface area (Å²) in [5, 5.41) is 4.23. The van der Waals surface area contributed by atoms with E-state index >= 15 is 0 Å². The van der Waals surface area contributed by atoms with Crippen LogP contribution in [0.5, 0.6) is 0 Å². The van der Waals surface area contributed by atoms with E-state index in [0.29, 0.717) is 0 Å². The van der Waals surface area contributed by atoms with Gasteiger partial charge in [-0.15, -0.1) is 0 Å². The van der Waals surface area contributed by atoms with Gasteiger partial charge in [-0.05, 0) is 37.1 Å². The highest BCUT2D eigenvalue weighted by atomic mass is 35.5. The Bertz CT molecular complexity index is 508. The Kier molecular flexibility index (Phi) is 4.34. The van der Waals surface area contributed by atoms with Crippen LogP contribution in [0.3, 0.4) is 0 Å². The Labute approximate surface area is 113 Å². The first-order valence-electron chi connectivity index (χ1n) is 6.06. The summed E-state index contributed by atoms with van der Waals surface area (Å²) in [6.45, 7) is 4.89. The van der Waals surface area contributed by atoms with E-state index < -0.39 is 0 Å². The Morgan fingerprint density at radius 2 is 2.00 bits per heavy atom. The van der Waals surface area contributed by atoms with Gasteiger partial charge in [-0.3, -0.25) is 4.98 Å². The van der Waals surface area contributed by atoms with Crippen LogP contribution in [0.4, 0.5) is 0 Å². The zero-order valence-corrected chi connectivity index (χ0v) is 11.4. The number of rotatable bonds is 4. The second kappa shape index (κ2) is 5.98. The number of benzene rings is 1. The quantitative estimate of drug-likeness (QED) is 0.902. The van der Waals surface area contributed by atoms with E-state index in [1.54, 1.807) is 0 Å². The van der Waals surface area contributed by atoms with Crippen molar-refractivity contribution < 1.29 is 0 Å². The largest absolute Gasteiger partial charge is 0.305 e. The third kappa shape index (κ3) is 3.31. The topological polar surface area (TPSA) is 24.9 Å². The van der Waals surface area contributed by atoms with Crippen LogP contribution in [0.1, 0.15) is 29.8 Å². The van der Waals surface area contributed by atoms with Crippen molar-refractivity contribution in [3.63, 3.8) is 0 Å². The Morgan fingerprint density at radius 3 is 2.67 bits per heavy atom. The third-order valence-corrected chi connectivity index (χ3v) is 3.28. The number of hydrogen-bond donors (Lipinski definition) is 1. The molecule has 94 valence electrons. The molecule has 1 atom stereocenters. The molecule has 3 heteroatoms. The minimum Gasteiger partial charge on any atom is -0.305 e. The van der Waals surface area contributed by atoms with Crippen LogP contribution in [-0.2, 0) is 6.54 Å². The van der Waals surface area contributed by atoms with E-state index in [1.807, 2.05) is 43.5 Å². The summed E-state index contributed by atoms with van der Waals surface area (Å²) in [5.41, 5.74) is 3.34. The molecule has 1 aromatic carbocycles. The fourth-order valence-corrected chi connectivity index (χ4v) is 2.10. The van der Waals surface area contributed by atoms with Gasteiger partial charge >= 0.3 is 0 Å². The molecule has 0 radical (unpaired) electrons. The summed E-state index contributed by atoms with van der Waals surface area (Å²) < 4.78 is 0. The molecule has 1 N–H and O–H groups in total. The average Bonchev–Trinajstić information content (AvgIpc) is 2.38. The second-order valence-corrected chi connectivity index (χ2v) is 4.86. The Morgan fingerprint density at radius 1 is 1.22 bits per heavy atom. The molecule has 0 spiro atoms. The molecule has 0 saturated heterocycles. The number of hydrogen-bond acceptors (Lipinski definition) is 2. The molecule has 0 aliphatic rings. The number of aryl methyl sites for hydroxylation is 1. The fourth-order valence-electron chi connectivity index (χ4n) is 1.80. The number of nitrogens with one attached hydrogen (secondary N) is 1. The van der Waals surface area contributed by atoms with Crippen molar-refractivity contribution >= 4 is 11.6 Å². The third-order valence-electron chi connectivity index (χ3n) is 2.93. The zero-order valence-electron chi connectivity index (χ0n) is 10.7. The van der Waals surface area contributed by atoms with Gasteiger partial charge in [-0.2, -0.15) is 0 Å². The first-order chi connectivity index (χ1) is 8.66. The highest BCUT2D eigenvalue weighted by Gasteiger charge is 2.08. The number of aromatic nitrogens is 1. The van der Waals surface area contributed by atoms with E-state index in [2.05, 4.69) is 23.3 Å². The van der Waals surface area contributed by atoms with E-state index in [0.717, 1.165) is 22.8 Å². The highest BCUT2D eigenvalue weighted by molar-refractivity contribution is 6.31. The van der Waals surface area contributed by atoms with Crippen LogP contribution < -0.4 is 5.32 Å². The first-order valence-corrected chi connectivity index (χ1v) is 6.44. The van der Waals surface area contributed by atoms with E-state index in [4.69, 9.17) is 11.6 Å². The van der Waals surface area contributed by atoms with Gasteiger partial charge in [0.25, 0.3) is 0 Å². The SMILES string of the molecule is Cc1ccc(CN[C@@H](C)c2ccccc2Cl)nc1. The van der Waals surface area contributed by atoms with Crippen LogP contribution in [0.25, 0.3) is 0 Å². The molecule has 2 nitrogen and oxygen atoms in total. The van der Waals surface area contributed by atoms with Gasteiger partial charge in [0, 0.05) is 23.8 Å². The lowest BCUT2D eigenvalue weighted by molar-refractivity contribution is 0.568. The lowest BCUT2D eigenvalue weighted by Crippen LogP contribution is -2.19. The van der Waals surface area contributed by atoms with Gasteiger partial charge in [-0.25, -0.2) is 0 Å². The summed E-state index contributed by atoms with van der Waals surface area (Å²) in [7, 11) is 0. The molecule has 0 aliphatic heterocycles. The Hall–Kier alpha value is -1.38. The molecule has 1 aromatic heterocycles. The molecule has 0 saturated carbocycles. The molecule has 18 heavy (non-hydrogen) atoms. The molecule has 0 aliphatic carbocycles. The molecule has 0 unspecified atom stereocenters. The van der Waals surface area contributed by atoms with E-state index in [1.165, 1.54) is 5.56 Å². The normalized spacial score (nSPS) is 12.4. The van der Waals surface area contributed by atoms with Crippen molar-refractivity contribution in [2.75, 3.05) is 0 Å². The standard InChI is InChI=1S/C15H17ClN2/c1-11-7-8-13(18-9-11)10-17-12(2)14-5-3-4-6-15(14)16/h3-9,12,17H,10H2,1-2H3/t12-/m0/s1. The molecular formula is C15H17ClN2. The summed E-state index contributed by atoms with van der Waals surface area (Å²) in [5.74, 6) is 0. The molecule has 1 heterocycles. The van der Waals surface area contributed by atoms with Crippen molar-refractivity contribution in [3.8, 4) is 0 Å². The summed E-state index contributed by atoms with van der Waals surface area (Å²) in [6.07, 6.45) is 1.89. The van der Waals surface area contributed by atoms with Gasteiger partial charge in [0.2, 0.25) is 0 Å². The van der Waals surface area contributed by atoms with Gasteiger partial charge in [-0.1, -0.05) is 35.9 Å². The predicted molar refractivity (Wildman–Crippen MR) is 75.7 cm³/mol. The maximum absolute atomic E-state index is 6.17. The highest BCUT2D eigenvalue weighted by Crippen LogP contribution is 2.22. The van der Waals surface area contributed by atoms with Crippen LogP contribution >= 0.6 is 11.6 Å². The van der Waals surface area contributed by atoms with E-state index in [9.17, 15) is 0 Å². The molecule has 0 amide bonds. The lowest BCUT2D eigenvalue weighted by atomic mass is 10.1. The van der Waals surface area contributed by atoms with Gasteiger partial charge < -0.3 is 5.32 Å². The van der Waals surface area contributed by atoms with Crippen LogP contribution in [0.15, 0.2) is 42.6 Å². The fraction of sp³-hybridized carbons (Fsp3) is 0.267. The van der Waals surface area contributed by atoms with E-state index in [-0.39, 0.29) is 6.04 Å². The lowest BCUT2D eigenvalue weighted by Gasteiger charge is -2.15. The van der Waals surface area contributed by atoms with Gasteiger partial charge in [0.05, 0.1) is 5.69 Å². The van der Waals surface area contributed by atoms with Crippen molar-refractivity contribution in [1.29, 1.82) is 0 Å². The van der Waals surface area contributed by atoms with Crippen LogP contribution in [-0.4, -0.2) is 4.98 Å². The van der Waals surface area contributed by atoms with Crippen molar-refractivity contribution in [1.82, 2.24) is 10.3 Å². The van der Waals surface area contributed by atoms with Crippen LogP contribution in [0, 0.1) is 6.92 Å². The maximum Gasteiger partial charge on any atom is 0.0542 e. The average molecular weight is 261 g/mol. The van der Waals surface area contributed by atoms with Gasteiger partial charge in [0.15, 0.2) is 0 Å². The predicted octanol–water partition coefficient (Wildman–Crippen LogP) is 3.89. The second-order valence-electron chi connectivity index (χ2n) is 4.45. The smallest absolute Gasteiger partial charge is 0.0542 e. The van der Waals surface area contributed by atoms with Crippen LogP contribution in [0.2, 0.25) is 5.02 Å². The number of pyridine rings is 1. The van der Waals surface area contributed by atoms with Crippen molar-refractivity contribution in [2.45, 2.75) is 26.4 Å². The molecule has 0 bridgehead atoms. The molecule has 0 fully saturated rings. The summed E-state index contributed by atoms with van der Waals surface area (Å²) in [4.78, 5) is 4.37. The monoisotopic (exact) mass is 260 g/mol. The zero-order chi connectivity index (χ0) is 13.0. The number of halogens is 1.